The molecule has 0 heterocycles. The zero-order valence-corrected chi connectivity index (χ0v) is 10.8. The van der Waals surface area contributed by atoms with Gasteiger partial charge in [-0.05, 0) is 19.8 Å². The lowest BCUT2D eigenvalue weighted by Crippen LogP contribution is -2.41. The Morgan fingerprint density at radius 1 is 1.43 bits per heavy atom. The highest BCUT2D eigenvalue weighted by molar-refractivity contribution is 9.09. The normalized spacial score (nSPS) is 19.6. The highest BCUT2D eigenvalue weighted by Crippen LogP contribution is 2.39. The average molecular weight is 262 g/mol. The molecule has 0 aliphatic heterocycles. The van der Waals surface area contributed by atoms with E-state index in [2.05, 4.69) is 29.8 Å². The van der Waals surface area contributed by atoms with Crippen molar-refractivity contribution in [3.05, 3.63) is 0 Å². The van der Waals surface area contributed by atoms with Crippen molar-refractivity contribution in [1.82, 2.24) is 4.90 Å². The second-order valence-corrected chi connectivity index (χ2v) is 5.13. The summed E-state index contributed by atoms with van der Waals surface area (Å²) in [5.74, 6) is 0.358. The third kappa shape index (κ3) is 2.50. The number of carbonyl (C=O) groups excluding carboxylic acids is 1. The molecule has 1 saturated carbocycles. The zero-order valence-electron chi connectivity index (χ0n) is 9.18. The van der Waals surface area contributed by atoms with E-state index in [1.807, 2.05) is 4.90 Å². The van der Waals surface area contributed by atoms with Gasteiger partial charge in [0, 0.05) is 23.8 Å². The third-order valence-electron chi connectivity index (χ3n) is 3.25. The van der Waals surface area contributed by atoms with Crippen LogP contribution in [-0.4, -0.2) is 29.2 Å². The van der Waals surface area contributed by atoms with E-state index < -0.39 is 0 Å². The molecule has 1 amide bonds. The molecule has 1 rings (SSSR count). The van der Waals surface area contributed by atoms with Gasteiger partial charge in [-0.1, -0.05) is 35.7 Å². The summed E-state index contributed by atoms with van der Waals surface area (Å²) in [5, 5.41) is 0.878. The molecule has 0 aromatic heterocycles. The Hall–Kier alpha value is -0.0500. The fourth-order valence-corrected chi connectivity index (χ4v) is 2.68. The zero-order chi connectivity index (χ0) is 10.6. The van der Waals surface area contributed by atoms with E-state index in [1.165, 1.54) is 12.8 Å². The van der Waals surface area contributed by atoms with Gasteiger partial charge in [0.15, 0.2) is 0 Å². The molecule has 82 valence electrons. The molecule has 2 nitrogen and oxygen atoms in total. The van der Waals surface area contributed by atoms with Gasteiger partial charge in [0.05, 0.1) is 0 Å². The lowest BCUT2D eigenvalue weighted by molar-refractivity contribution is -0.140. The first-order valence-electron chi connectivity index (χ1n) is 5.49. The van der Waals surface area contributed by atoms with Crippen molar-refractivity contribution in [2.75, 3.05) is 18.4 Å². The van der Waals surface area contributed by atoms with Crippen LogP contribution in [0.4, 0.5) is 0 Å². The highest BCUT2D eigenvalue weighted by atomic mass is 79.9. The Labute approximate surface area is 95.2 Å². The second kappa shape index (κ2) is 5.15. The van der Waals surface area contributed by atoms with E-state index >= 15 is 0 Å². The topological polar surface area (TPSA) is 20.3 Å². The minimum Gasteiger partial charge on any atom is -0.342 e. The Kier molecular flexibility index (Phi) is 4.42. The van der Waals surface area contributed by atoms with Crippen LogP contribution in [0.2, 0.25) is 0 Å². The summed E-state index contributed by atoms with van der Waals surface area (Å²) >= 11 is 3.39. The summed E-state index contributed by atoms with van der Waals surface area (Å²) in [5.41, 5.74) is -0.0574. The molecule has 0 N–H and O–H groups in total. The number of hydrogen-bond donors (Lipinski definition) is 0. The maximum absolute atomic E-state index is 12.2. The Morgan fingerprint density at radius 3 is 2.43 bits per heavy atom. The van der Waals surface area contributed by atoms with Crippen LogP contribution in [0.5, 0.6) is 0 Å². The lowest BCUT2D eigenvalue weighted by atomic mass is 9.87. The van der Waals surface area contributed by atoms with Gasteiger partial charge in [0.1, 0.15) is 0 Å². The van der Waals surface area contributed by atoms with E-state index in [9.17, 15) is 4.79 Å². The lowest BCUT2D eigenvalue weighted by Gasteiger charge is -2.30. The molecule has 0 spiro atoms. The summed E-state index contributed by atoms with van der Waals surface area (Å²) in [6, 6.07) is 0. The van der Waals surface area contributed by atoms with Crippen LogP contribution >= 0.6 is 15.9 Å². The largest absolute Gasteiger partial charge is 0.342 e. The number of halogens is 1. The molecule has 1 fully saturated rings. The van der Waals surface area contributed by atoms with Gasteiger partial charge in [0.25, 0.3) is 0 Å². The number of nitrogens with zero attached hydrogens (tertiary/aromatic N) is 1. The molecular weight excluding hydrogens is 242 g/mol. The van der Waals surface area contributed by atoms with Crippen molar-refractivity contribution < 1.29 is 4.79 Å². The van der Waals surface area contributed by atoms with Crippen LogP contribution in [0.15, 0.2) is 0 Å². The Balaban J connectivity index is 2.61. The third-order valence-corrected chi connectivity index (χ3v) is 3.60. The predicted octanol–water partition coefficient (Wildman–Crippen LogP) is 2.81. The van der Waals surface area contributed by atoms with E-state index in [1.54, 1.807) is 0 Å². The molecule has 1 aliphatic carbocycles. The molecule has 0 aromatic carbocycles. The SMILES string of the molecule is CCN(CCBr)C(=O)C1(C)CCCC1. The van der Waals surface area contributed by atoms with Crippen molar-refractivity contribution in [3.63, 3.8) is 0 Å². The fourth-order valence-electron chi connectivity index (χ4n) is 2.26. The second-order valence-electron chi connectivity index (χ2n) is 4.34. The van der Waals surface area contributed by atoms with Gasteiger partial charge in [0.2, 0.25) is 5.91 Å². The maximum atomic E-state index is 12.2. The molecule has 0 saturated heterocycles. The number of hydrogen-bond acceptors (Lipinski definition) is 1. The first-order chi connectivity index (χ1) is 6.64. The van der Waals surface area contributed by atoms with E-state index in [-0.39, 0.29) is 5.41 Å². The molecule has 14 heavy (non-hydrogen) atoms. The molecule has 1 aliphatic rings. The smallest absolute Gasteiger partial charge is 0.228 e. The number of rotatable bonds is 4. The van der Waals surface area contributed by atoms with E-state index in [0.717, 1.165) is 31.3 Å². The van der Waals surface area contributed by atoms with Gasteiger partial charge >= 0.3 is 0 Å². The molecule has 0 bridgehead atoms. The first-order valence-corrected chi connectivity index (χ1v) is 6.61. The van der Waals surface area contributed by atoms with E-state index in [0.29, 0.717) is 5.91 Å². The van der Waals surface area contributed by atoms with Crippen LogP contribution in [0.25, 0.3) is 0 Å². The Morgan fingerprint density at radius 2 is 2.00 bits per heavy atom. The number of amides is 1. The van der Waals surface area contributed by atoms with E-state index in [4.69, 9.17) is 0 Å². The molecule has 0 atom stereocenters. The van der Waals surface area contributed by atoms with Crippen molar-refractivity contribution in [2.24, 2.45) is 5.41 Å². The quantitative estimate of drug-likeness (QED) is 0.713. The maximum Gasteiger partial charge on any atom is 0.228 e. The highest BCUT2D eigenvalue weighted by Gasteiger charge is 2.38. The summed E-state index contributed by atoms with van der Waals surface area (Å²) in [4.78, 5) is 14.2. The summed E-state index contributed by atoms with van der Waals surface area (Å²) in [7, 11) is 0. The standard InChI is InChI=1S/C11H20BrNO/c1-3-13(9-8-12)10(14)11(2)6-4-5-7-11/h3-9H2,1-2H3. The molecular formula is C11H20BrNO. The van der Waals surface area contributed by atoms with Crippen LogP contribution in [0, 0.1) is 5.41 Å². The van der Waals surface area contributed by atoms with Crippen molar-refractivity contribution in [1.29, 1.82) is 0 Å². The molecule has 0 radical (unpaired) electrons. The number of carbonyl (C=O) groups is 1. The Bertz CT molecular complexity index is 199. The van der Waals surface area contributed by atoms with Crippen molar-refractivity contribution >= 4 is 21.8 Å². The van der Waals surface area contributed by atoms with Crippen molar-refractivity contribution in [3.8, 4) is 0 Å². The monoisotopic (exact) mass is 261 g/mol. The van der Waals surface area contributed by atoms with Gasteiger partial charge in [-0.3, -0.25) is 4.79 Å². The minimum atomic E-state index is -0.0574. The van der Waals surface area contributed by atoms with Gasteiger partial charge in [-0.2, -0.15) is 0 Å². The van der Waals surface area contributed by atoms with Crippen LogP contribution < -0.4 is 0 Å². The van der Waals surface area contributed by atoms with Crippen LogP contribution in [0.3, 0.4) is 0 Å². The van der Waals surface area contributed by atoms with Gasteiger partial charge in [-0.15, -0.1) is 0 Å². The predicted molar refractivity (Wildman–Crippen MR) is 62.6 cm³/mol. The number of alkyl halides is 1. The van der Waals surface area contributed by atoms with Crippen molar-refractivity contribution in [2.45, 2.75) is 39.5 Å². The van der Waals surface area contributed by atoms with Gasteiger partial charge < -0.3 is 4.90 Å². The summed E-state index contributed by atoms with van der Waals surface area (Å²) in [6.45, 7) is 5.85. The molecule has 0 aromatic rings. The van der Waals surface area contributed by atoms with Crippen LogP contribution in [-0.2, 0) is 4.79 Å². The van der Waals surface area contributed by atoms with Crippen LogP contribution in [0.1, 0.15) is 39.5 Å². The summed E-state index contributed by atoms with van der Waals surface area (Å²) in [6.07, 6.45) is 4.58. The fraction of sp³-hybridized carbons (Fsp3) is 0.909. The molecule has 3 heteroatoms. The average Bonchev–Trinajstić information content (AvgIpc) is 2.62. The first kappa shape index (κ1) is 12.0. The van der Waals surface area contributed by atoms with Gasteiger partial charge in [-0.25, -0.2) is 0 Å². The minimum absolute atomic E-state index is 0.0574. The summed E-state index contributed by atoms with van der Waals surface area (Å²) < 4.78 is 0. The molecule has 0 unspecified atom stereocenters.